The molecular weight excluding hydrogens is 556 g/mol. The summed E-state index contributed by atoms with van der Waals surface area (Å²) in [5, 5.41) is 37.4. The molecule has 1 aliphatic rings. The van der Waals surface area contributed by atoms with E-state index >= 15 is 0 Å². The maximum absolute atomic E-state index is 13.3. The Balaban J connectivity index is 2.93. The van der Waals surface area contributed by atoms with Crippen LogP contribution in [0.2, 0.25) is 0 Å². The third-order valence-electron chi connectivity index (χ3n) is 6.74. The van der Waals surface area contributed by atoms with Crippen LogP contribution in [0.15, 0.2) is 0 Å². The number of likely N-dealkylation sites (tertiary alicyclic amines) is 1. The third-order valence-corrected chi connectivity index (χ3v) is 6.74. The van der Waals surface area contributed by atoms with Gasteiger partial charge >= 0.3 is 11.9 Å². The Morgan fingerprint density at radius 3 is 1.90 bits per heavy atom. The van der Waals surface area contributed by atoms with Crippen LogP contribution in [-0.2, 0) is 33.6 Å². The van der Waals surface area contributed by atoms with Crippen molar-refractivity contribution in [3.05, 3.63) is 0 Å². The Kier molecular flexibility index (Phi) is 14.3. The first-order valence-electron chi connectivity index (χ1n) is 13.8. The minimum Gasteiger partial charge on any atom is -0.481 e. The number of carboxylic acids is 2. The highest BCUT2D eigenvalue weighted by molar-refractivity contribution is 5.96. The number of carbonyl (C=O) groups excluding carboxylic acids is 5. The van der Waals surface area contributed by atoms with Crippen molar-refractivity contribution in [3.8, 4) is 0 Å². The van der Waals surface area contributed by atoms with Gasteiger partial charge in [-0.25, -0.2) is 4.79 Å². The fraction of sp³-hybridized carbons (Fsp3) is 0.731. The van der Waals surface area contributed by atoms with Crippen molar-refractivity contribution in [1.29, 1.82) is 0 Å². The Bertz CT molecular complexity index is 1020. The quantitative estimate of drug-likeness (QED) is 0.0919. The SMILES string of the molecule is CC(C)CC(NC(=O)C(N)C(C)C)C(=O)NC(CO)C(=O)N1CCCC1C(=O)NC(C)C(=O)NC(CC(=O)O)C(=O)O. The number of aliphatic hydroxyl groups excluding tert-OH is 1. The van der Waals surface area contributed by atoms with Crippen molar-refractivity contribution < 1.29 is 48.9 Å². The molecule has 0 aromatic heterocycles. The first-order valence-corrected chi connectivity index (χ1v) is 13.8. The smallest absolute Gasteiger partial charge is 0.326 e. The second kappa shape index (κ2) is 16.6. The van der Waals surface area contributed by atoms with Gasteiger partial charge in [-0.1, -0.05) is 27.7 Å². The van der Waals surface area contributed by atoms with Gasteiger partial charge in [0.15, 0.2) is 0 Å². The molecule has 6 atom stereocenters. The van der Waals surface area contributed by atoms with Crippen molar-refractivity contribution in [2.75, 3.05) is 13.2 Å². The van der Waals surface area contributed by atoms with Crippen molar-refractivity contribution in [1.82, 2.24) is 26.2 Å². The number of carboxylic acid groups (broad SMARTS) is 2. The van der Waals surface area contributed by atoms with E-state index in [0.29, 0.717) is 6.42 Å². The number of aliphatic hydroxyl groups is 1. The molecule has 1 saturated heterocycles. The standard InChI is InChI=1S/C26H44N6O10/c1-12(2)9-15(29-24(39)20(27)13(3)4)22(37)31-17(11-33)25(40)32-8-6-7-18(32)23(38)28-14(5)21(36)30-16(26(41)42)10-19(34)35/h12-18,20,33H,6-11,27H2,1-5H3,(H,28,38)(H,29,39)(H,30,36)(H,31,37)(H,34,35)(H,41,42). The number of rotatable bonds is 16. The average molecular weight is 601 g/mol. The molecule has 0 spiro atoms. The molecule has 42 heavy (non-hydrogen) atoms. The van der Waals surface area contributed by atoms with Crippen molar-refractivity contribution in [2.24, 2.45) is 17.6 Å². The molecule has 238 valence electrons. The molecular formula is C26H44N6O10. The van der Waals surface area contributed by atoms with Crippen LogP contribution in [0.4, 0.5) is 0 Å². The fourth-order valence-electron chi connectivity index (χ4n) is 4.28. The lowest BCUT2D eigenvalue weighted by atomic mass is 10.00. The van der Waals surface area contributed by atoms with Gasteiger partial charge in [-0.15, -0.1) is 0 Å². The second-order valence-electron chi connectivity index (χ2n) is 11.1. The maximum atomic E-state index is 13.3. The summed E-state index contributed by atoms with van der Waals surface area (Å²) in [4.78, 5) is 87.5. The van der Waals surface area contributed by atoms with Gasteiger partial charge in [0.25, 0.3) is 0 Å². The highest BCUT2D eigenvalue weighted by Crippen LogP contribution is 2.19. The lowest BCUT2D eigenvalue weighted by Gasteiger charge is -2.30. The molecule has 6 unspecified atom stereocenters. The topological polar surface area (TPSA) is 258 Å². The lowest BCUT2D eigenvalue weighted by molar-refractivity contribution is -0.147. The maximum Gasteiger partial charge on any atom is 0.326 e. The van der Waals surface area contributed by atoms with Gasteiger partial charge in [-0.05, 0) is 38.0 Å². The predicted octanol–water partition coefficient (Wildman–Crippen LogP) is -2.48. The number of amides is 5. The van der Waals surface area contributed by atoms with Crippen LogP contribution in [0.1, 0.15) is 60.3 Å². The van der Waals surface area contributed by atoms with Crippen molar-refractivity contribution in [2.45, 2.75) is 96.6 Å². The average Bonchev–Trinajstić information content (AvgIpc) is 3.39. The molecule has 0 aromatic carbocycles. The molecule has 1 heterocycles. The summed E-state index contributed by atoms with van der Waals surface area (Å²) in [6.07, 6.45) is -0.00497. The van der Waals surface area contributed by atoms with E-state index in [1.807, 2.05) is 19.2 Å². The molecule has 16 heteroatoms. The minimum absolute atomic E-state index is 0.0136. The molecule has 0 aliphatic carbocycles. The van der Waals surface area contributed by atoms with Gasteiger partial charge in [0.2, 0.25) is 29.5 Å². The van der Waals surface area contributed by atoms with Crippen LogP contribution in [0, 0.1) is 11.8 Å². The van der Waals surface area contributed by atoms with Crippen LogP contribution in [-0.4, -0.2) is 111 Å². The monoisotopic (exact) mass is 600 g/mol. The molecule has 9 N–H and O–H groups in total. The molecule has 5 amide bonds. The Morgan fingerprint density at radius 1 is 0.833 bits per heavy atom. The van der Waals surface area contributed by atoms with Gasteiger partial charge < -0.3 is 47.2 Å². The first kappa shape index (κ1) is 36.2. The summed E-state index contributed by atoms with van der Waals surface area (Å²) in [5.41, 5.74) is 5.89. The number of nitrogens with zero attached hydrogens (tertiary/aromatic N) is 1. The van der Waals surface area contributed by atoms with E-state index in [2.05, 4.69) is 16.0 Å². The molecule has 1 fully saturated rings. The largest absolute Gasteiger partial charge is 0.481 e. The molecule has 1 rings (SSSR count). The van der Waals surface area contributed by atoms with Crippen LogP contribution >= 0.6 is 0 Å². The molecule has 0 radical (unpaired) electrons. The molecule has 16 nitrogen and oxygen atoms in total. The summed E-state index contributed by atoms with van der Waals surface area (Å²) < 4.78 is 0. The number of hydrogen-bond acceptors (Lipinski definition) is 9. The third kappa shape index (κ3) is 10.9. The summed E-state index contributed by atoms with van der Waals surface area (Å²) in [6.45, 7) is 7.78. The summed E-state index contributed by atoms with van der Waals surface area (Å²) in [5.74, 6) is -6.87. The highest BCUT2D eigenvalue weighted by Gasteiger charge is 2.39. The summed E-state index contributed by atoms with van der Waals surface area (Å²) >= 11 is 0. The van der Waals surface area contributed by atoms with Gasteiger partial charge in [-0.2, -0.15) is 0 Å². The molecule has 1 aliphatic heterocycles. The number of aliphatic carboxylic acids is 2. The van der Waals surface area contributed by atoms with E-state index in [4.69, 9.17) is 15.9 Å². The van der Waals surface area contributed by atoms with E-state index in [-0.39, 0.29) is 31.2 Å². The van der Waals surface area contributed by atoms with Gasteiger partial charge in [-0.3, -0.25) is 28.8 Å². The van der Waals surface area contributed by atoms with Crippen LogP contribution in [0.5, 0.6) is 0 Å². The van der Waals surface area contributed by atoms with E-state index in [1.165, 1.54) is 6.92 Å². The van der Waals surface area contributed by atoms with Crippen LogP contribution < -0.4 is 27.0 Å². The fourth-order valence-corrected chi connectivity index (χ4v) is 4.28. The summed E-state index contributed by atoms with van der Waals surface area (Å²) in [7, 11) is 0. The van der Waals surface area contributed by atoms with Crippen LogP contribution in [0.3, 0.4) is 0 Å². The Labute approximate surface area is 244 Å². The number of nitrogens with two attached hydrogens (primary N) is 1. The zero-order valence-corrected chi connectivity index (χ0v) is 24.6. The first-order chi connectivity index (χ1) is 19.5. The van der Waals surface area contributed by atoms with Gasteiger partial charge in [0.05, 0.1) is 19.1 Å². The van der Waals surface area contributed by atoms with E-state index < -0.39 is 90.8 Å². The number of nitrogens with one attached hydrogen (secondary N) is 4. The lowest BCUT2D eigenvalue weighted by Crippen LogP contribution is -2.59. The zero-order chi connectivity index (χ0) is 32.3. The predicted molar refractivity (Wildman–Crippen MR) is 147 cm³/mol. The van der Waals surface area contributed by atoms with E-state index in [0.717, 1.165) is 4.90 Å². The van der Waals surface area contributed by atoms with Gasteiger partial charge in [0, 0.05) is 6.54 Å². The van der Waals surface area contributed by atoms with E-state index in [1.54, 1.807) is 13.8 Å². The Morgan fingerprint density at radius 2 is 1.40 bits per heavy atom. The number of carbonyl (C=O) groups is 7. The Hall–Kier alpha value is -3.79. The van der Waals surface area contributed by atoms with Gasteiger partial charge in [0.1, 0.15) is 30.2 Å². The van der Waals surface area contributed by atoms with Crippen molar-refractivity contribution in [3.63, 3.8) is 0 Å². The van der Waals surface area contributed by atoms with E-state index in [9.17, 15) is 38.7 Å². The summed E-state index contributed by atoms with van der Waals surface area (Å²) in [6, 6.07) is -7.34. The minimum atomic E-state index is -1.71. The molecule has 0 bridgehead atoms. The molecule has 0 aromatic rings. The molecule has 0 saturated carbocycles. The van der Waals surface area contributed by atoms with Crippen LogP contribution in [0.25, 0.3) is 0 Å². The number of hydrogen-bond donors (Lipinski definition) is 8. The van der Waals surface area contributed by atoms with Crippen molar-refractivity contribution >= 4 is 41.5 Å². The zero-order valence-electron chi connectivity index (χ0n) is 24.6. The second-order valence-corrected chi connectivity index (χ2v) is 11.1. The normalized spacial score (nSPS) is 18.4. The highest BCUT2D eigenvalue weighted by atomic mass is 16.4.